The van der Waals surface area contributed by atoms with Gasteiger partial charge in [0.15, 0.2) is 0 Å². The third-order valence-electron chi connectivity index (χ3n) is 3.46. The zero-order chi connectivity index (χ0) is 14.4. The second-order valence-corrected chi connectivity index (χ2v) is 5.03. The highest BCUT2D eigenvalue weighted by Gasteiger charge is 2.10. The van der Waals surface area contributed by atoms with Crippen molar-refractivity contribution in [2.24, 2.45) is 0 Å². The Balaban J connectivity index is 1.87. The maximum Gasteiger partial charge on any atom is 0.222 e. The fourth-order valence-corrected chi connectivity index (χ4v) is 2.17. The van der Waals surface area contributed by atoms with Crippen LogP contribution in [0.15, 0.2) is 48.8 Å². The number of aromatic nitrogens is 1. The number of amides is 1. The fourth-order valence-electron chi connectivity index (χ4n) is 2.17. The molecule has 1 amide bonds. The first-order valence-electron chi connectivity index (χ1n) is 6.84. The summed E-state index contributed by atoms with van der Waals surface area (Å²) < 4.78 is 0. The van der Waals surface area contributed by atoms with Crippen molar-refractivity contribution in [3.05, 3.63) is 65.5 Å². The van der Waals surface area contributed by atoms with Crippen molar-refractivity contribution in [3.8, 4) is 0 Å². The number of pyridine rings is 1. The second-order valence-electron chi connectivity index (χ2n) is 5.03. The van der Waals surface area contributed by atoms with E-state index >= 15 is 0 Å². The summed E-state index contributed by atoms with van der Waals surface area (Å²) in [6.45, 7) is 2.72. The highest BCUT2D eigenvalue weighted by molar-refractivity contribution is 5.76. The molecule has 0 saturated heterocycles. The van der Waals surface area contributed by atoms with E-state index in [1.807, 2.05) is 31.3 Å². The summed E-state index contributed by atoms with van der Waals surface area (Å²) in [6.07, 6.45) is 4.85. The average molecular weight is 268 g/mol. The van der Waals surface area contributed by atoms with E-state index in [1.165, 1.54) is 11.1 Å². The van der Waals surface area contributed by atoms with Crippen LogP contribution in [0.5, 0.6) is 0 Å². The van der Waals surface area contributed by atoms with Crippen LogP contribution in [0.4, 0.5) is 0 Å². The first-order chi connectivity index (χ1) is 9.66. The van der Waals surface area contributed by atoms with Gasteiger partial charge in [0.1, 0.15) is 0 Å². The quantitative estimate of drug-likeness (QED) is 0.835. The number of aryl methyl sites for hydroxylation is 2. The van der Waals surface area contributed by atoms with E-state index in [4.69, 9.17) is 0 Å². The highest BCUT2D eigenvalue weighted by atomic mass is 16.2. The molecule has 0 unspecified atom stereocenters. The molecule has 3 heteroatoms. The summed E-state index contributed by atoms with van der Waals surface area (Å²) in [5.41, 5.74) is 3.60. The van der Waals surface area contributed by atoms with Crippen molar-refractivity contribution in [1.82, 2.24) is 9.88 Å². The van der Waals surface area contributed by atoms with Crippen molar-refractivity contribution in [2.75, 3.05) is 7.05 Å². The van der Waals surface area contributed by atoms with Crippen molar-refractivity contribution < 1.29 is 4.79 Å². The Labute approximate surface area is 120 Å². The van der Waals surface area contributed by atoms with Gasteiger partial charge in [0, 0.05) is 32.4 Å². The van der Waals surface area contributed by atoms with E-state index in [9.17, 15) is 4.79 Å². The van der Waals surface area contributed by atoms with Gasteiger partial charge in [0.25, 0.3) is 0 Å². The third kappa shape index (κ3) is 3.92. The predicted molar refractivity (Wildman–Crippen MR) is 80.2 cm³/mol. The molecule has 0 N–H and O–H groups in total. The van der Waals surface area contributed by atoms with E-state index in [0.717, 1.165) is 12.0 Å². The predicted octanol–water partition coefficient (Wildman–Crippen LogP) is 2.98. The lowest BCUT2D eigenvalue weighted by Gasteiger charge is -2.17. The van der Waals surface area contributed by atoms with Crippen molar-refractivity contribution in [2.45, 2.75) is 26.3 Å². The van der Waals surface area contributed by atoms with Crippen LogP contribution >= 0.6 is 0 Å². The van der Waals surface area contributed by atoms with Gasteiger partial charge in [-0.1, -0.05) is 24.3 Å². The van der Waals surface area contributed by atoms with Gasteiger partial charge in [-0.3, -0.25) is 9.78 Å². The molecule has 3 nitrogen and oxygen atoms in total. The van der Waals surface area contributed by atoms with Gasteiger partial charge < -0.3 is 4.90 Å². The molecule has 2 aromatic rings. The molecule has 1 aromatic carbocycles. The molecule has 0 aliphatic heterocycles. The van der Waals surface area contributed by atoms with E-state index in [0.29, 0.717) is 13.0 Å². The normalized spacial score (nSPS) is 10.3. The van der Waals surface area contributed by atoms with E-state index in [-0.39, 0.29) is 5.91 Å². The van der Waals surface area contributed by atoms with Crippen LogP contribution in [0.3, 0.4) is 0 Å². The standard InChI is InChI=1S/C17H20N2O/c1-14-5-3-4-6-16(14)7-8-17(20)19(2)13-15-9-11-18-12-10-15/h3-6,9-12H,7-8,13H2,1-2H3. The number of hydrogen-bond donors (Lipinski definition) is 0. The summed E-state index contributed by atoms with van der Waals surface area (Å²) in [4.78, 5) is 17.9. The summed E-state index contributed by atoms with van der Waals surface area (Å²) in [5, 5.41) is 0. The minimum atomic E-state index is 0.171. The Hall–Kier alpha value is -2.16. The van der Waals surface area contributed by atoms with Gasteiger partial charge in [0.2, 0.25) is 5.91 Å². The fraction of sp³-hybridized carbons (Fsp3) is 0.294. The first kappa shape index (κ1) is 14.3. The van der Waals surface area contributed by atoms with Crippen molar-refractivity contribution in [3.63, 3.8) is 0 Å². The minimum Gasteiger partial charge on any atom is -0.341 e. The molecule has 1 aromatic heterocycles. The molecular formula is C17H20N2O. The Morgan fingerprint density at radius 1 is 1.15 bits per heavy atom. The van der Waals surface area contributed by atoms with Crippen LogP contribution in [0.2, 0.25) is 0 Å². The average Bonchev–Trinajstić information content (AvgIpc) is 2.47. The molecule has 0 radical (unpaired) electrons. The maximum atomic E-state index is 12.1. The van der Waals surface area contributed by atoms with Crippen molar-refractivity contribution in [1.29, 1.82) is 0 Å². The summed E-state index contributed by atoms with van der Waals surface area (Å²) in [5.74, 6) is 0.171. The molecule has 2 rings (SSSR count). The van der Waals surface area contributed by atoms with Gasteiger partial charge in [0.05, 0.1) is 0 Å². The number of carbonyl (C=O) groups is 1. The lowest BCUT2D eigenvalue weighted by atomic mass is 10.0. The Morgan fingerprint density at radius 3 is 2.55 bits per heavy atom. The second kappa shape index (κ2) is 6.85. The smallest absolute Gasteiger partial charge is 0.222 e. The number of nitrogens with zero attached hydrogens (tertiary/aromatic N) is 2. The zero-order valence-electron chi connectivity index (χ0n) is 12.0. The first-order valence-corrected chi connectivity index (χ1v) is 6.84. The SMILES string of the molecule is Cc1ccccc1CCC(=O)N(C)Cc1ccncc1. The van der Waals surface area contributed by atoms with Gasteiger partial charge in [-0.15, -0.1) is 0 Å². The molecular weight excluding hydrogens is 248 g/mol. The Kier molecular flexibility index (Phi) is 4.88. The minimum absolute atomic E-state index is 0.171. The van der Waals surface area contributed by atoms with Gasteiger partial charge in [-0.05, 0) is 42.2 Å². The van der Waals surface area contributed by atoms with Crippen molar-refractivity contribution >= 4 is 5.91 Å². The van der Waals surface area contributed by atoms with Gasteiger partial charge >= 0.3 is 0 Å². The van der Waals surface area contributed by atoms with Crippen LogP contribution in [0.25, 0.3) is 0 Å². The summed E-state index contributed by atoms with van der Waals surface area (Å²) in [6, 6.07) is 12.1. The van der Waals surface area contributed by atoms with Crippen LogP contribution in [-0.4, -0.2) is 22.8 Å². The molecule has 0 spiro atoms. The molecule has 0 aliphatic carbocycles. The van der Waals surface area contributed by atoms with E-state index in [1.54, 1.807) is 17.3 Å². The van der Waals surface area contributed by atoms with Crippen LogP contribution in [0, 0.1) is 6.92 Å². The lowest BCUT2D eigenvalue weighted by Crippen LogP contribution is -2.26. The van der Waals surface area contributed by atoms with Crippen LogP contribution in [0.1, 0.15) is 23.1 Å². The number of hydrogen-bond acceptors (Lipinski definition) is 2. The summed E-state index contributed by atoms with van der Waals surface area (Å²) in [7, 11) is 1.85. The highest BCUT2D eigenvalue weighted by Crippen LogP contribution is 2.11. The summed E-state index contributed by atoms with van der Waals surface area (Å²) >= 11 is 0. The molecule has 0 fully saturated rings. The number of carbonyl (C=O) groups excluding carboxylic acids is 1. The molecule has 0 atom stereocenters. The van der Waals surface area contributed by atoms with Gasteiger partial charge in [-0.2, -0.15) is 0 Å². The van der Waals surface area contributed by atoms with Crippen LogP contribution < -0.4 is 0 Å². The number of rotatable bonds is 5. The number of benzene rings is 1. The Morgan fingerprint density at radius 2 is 1.85 bits per heavy atom. The Bertz CT molecular complexity index is 566. The molecule has 0 bridgehead atoms. The third-order valence-corrected chi connectivity index (χ3v) is 3.46. The lowest BCUT2D eigenvalue weighted by molar-refractivity contribution is -0.130. The monoisotopic (exact) mass is 268 g/mol. The largest absolute Gasteiger partial charge is 0.341 e. The van der Waals surface area contributed by atoms with E-state index in [2.05, 4.69) is 24.0 Å². The molecule has 104 valence electrons. The molecule has 0 aliphatic rings. The molecule has 1 heterocycles. The topological polar surface area (TPSA) is 33.2 Å². The maximum absolute atomic E-state index is 12.1. The van der Waals surface area contributed by atoms with Gasteiger partial charge in [-0.25, -0.2) is 0 Å². The molecule has 20 heavy (non-hydrogen) atoms. The van der Waals surface area contributed by atoms with E-state index < -0.39 is 0 Å². The van der Waals surface area contributed by atoms with Crippen LogP contribution in [-0.2, 0) is 17.8 Å². The zero-order valence-corrected chi connectivity index (χ0v) is 12.0. The molecule has 0 saturated carbocycles.